The zero-order chi connectivity index (χ0) is 16.4. The molecule has 0 saturated carbocycles. The van der Waals surface area contributed by atoms with Gasteiger partial charge in [0.15, 0.2) is 0 Å². The summed E-state index contributed by atoms with van der Waals surface area (Å²) < 4.78 is 0. The molecule has 1 fully saturated rings. The minimum atomic E-state index is 0.530. The lowest BCUT2D eigenvalue weighted by molar-refractivity contribution is 0.314. The summed E-state index contributed by atoms with van der Waals surface area (Å²) in [6.07, 6.45) is 0. The van der Waals surface area contributed by atoms with Crippen LogP contribution in [0.5, 0.6) is 0 Å². The number of benzene rings is 1. The molecule has 5 heteroatoms. The molecule has 2 atom stereocenters. The molecule has 3 heterocycles. The van der Waals surface area contributed by atoms with Crippen molar-refractivity contribution in [1.82, 2.24) is 9.88 Å². The number of rotatable bonds is 5. The van der Waals surface area contributed by atoms with E-state index in [1.54, 1.807) is 22.7 Å². The normalized spacial score (nSPS) is 21.4. The van der Waals surface area contributed by atoms with Crippen molar-refractivity contribution in [1.29, 1.82) is 0 Å². The maximum atomic E-state index is 6.05. The third-order valence-corrected chi connectivity index (χ3v) is 6.38. The van der Waals surface area contributed by atoms with Gasteiger partial charge in [0.2, 0.25) is 0 Å². The average molecular weight is 356 g/mol. The third kappa shape index (κ3) is 3.30. The number of thiazole rings is 1. The van der Waals surface area contributed by atoms with Gasteiger partial charge in [0.1, 0.15) is 5.01 Å². The molecule has 3 aromatic rings. The Morgan fingerprint density at radius 2 is 2.00 bits per heavy atom. The van der Waals surface area contributed by atoms with E-state index in [-0.39, 0.29) is 0 Å². The van der Waals surface area contributed by atoms with Crippen LogP contribution in [-0.2, 0) is 6.54 Å². The summed E-state index contributed by atoms with van der Waals surface area (Å²) in [5.74, 6) is 1.06. The number of nitrogens with two attached hydrogens (primary N) is 1. The van der Waals surface area contributed by atoms with Crippen LogP contribution in [-0.4, -0.2) is 29.5 Å². The maximum Gasteiger partial charge on any atom is 0.124 e. The highest BCUT2D eigenvalue weighted by Gasteiger charge is 2.32. The number of hydrogen-bond acceptors (Lipinski definition) is 5. The molecule has 2 aromatic heterocycles. The van der Waals surface area contributed by atoms with Crippen LogP contribution < -0.4 is 5.73 Å². The predicted octanol–water partition coefficient (Wildman–Crippen LogP) is 4.05. The molecule has 1 aliphatic rings. The van der Waals surface area contributed by atoms with Crippen LogP contribution >= 0.6 is 22.7 Å². The van der Waals surface area contributed by atoms with Gasteiger partial charge in [-0.25, -0.2) is 4.98 Å². The number of aromatic nitrogens is 1. The number of hydrogen-bond donors (Lipinski definition) is 1. The Morgan fingerprint density at radius 3 is 2.75 bits per heavy atom. The number of likely N-dealkylation sites (tertiary alicyclic amines) is 1. The molecule has 24 heavy (non-hydrogen) atoms. The molecule has 0 bridgehead atoms. The van der Waals surface area contributed by atoms with Gasteiger partial charge >= 0.3 is 0 Å². The van der Waals surface area contributed by atoms with Gasteiger partial charge in [0.25, 0.3) is 0 Å². The largest absolute Gasteiger partial charge is 0.330 e. The van der Waals surface area contributed by atoms with Crippen molar-refractivity contribution in [2.45, 2.75) is 12.5 Å². The molecule has 0 radical (unpaired) electrons. The zero-order valence-corrected chi connectivity index (χ0v) is 15.1. The molecule has 3 nitrogen and oxygen atoms in total. The van der Waals surface area contributed by atoms with Crippen molar-refractivity contribution in [3.8, 4) is 10.6 Å². The fraction of sp³-hybridized carbons (Fsp3) is 0.316. The van der Waals surface area contributed by atoms with Crippen LogP contribution in [0, 0.1) is 5.92 Å². The predicted molar refractivity (Wildman–Crippen MR) is 102 cm³/mol. The minimum absolute atomic E-state index is 0.530. The Morgan fingerprint density at radius 1 is 1.12 bits per heavy atom. The van der Waals surface area contributed by atoms with E-state index >= 15 is 0 Å². The van der Waals surface area contributed by atoms with Crippen molar-refractivity contribution >= 4 is 22.7 Å². The van der Waals surface area contributed by atoms with Gasteiger partial charge in [-0.3, -0.25) is 4.90 Å². The lowest BCUT2D eigenvalue weighted by Crippen LogP contribution is -2.23. The van der Waals surface area contributed by atoms with Gasteiger partial charge in [-0.15, -0.1) is 11.3 Å². The van der Waals surface area contributed by atoms with Gasteiger partial charge < -0.3 is 5.73 Å². The summed E-state index contributed by atoms with van der Waals surface area (Å²) in [4.78, 5) is 7.32. The topological polar surface area (TPSA) is 42.1 Å². The molecule has 0 aliphatic carbocycles. The Balaban J connectivity index is 1.46. The van der Waals surface area contributed by atoms with Crippen LogP contribution in [0.3, 0.4) is 0 Å². The second-order valence-electron chi connectivity index (χ2n) is 6.36. The summed E-state index contributed by atoms with van der Waals surface area (Å²) in [7, 11) is 0. The Labute approximate surface area is 150 Å². The van der Waals surface area contributed by atoms with Crippen LogP contribution in [0.15, 0.2) is 52.5 Å². The van der Waals surface area contributed by atoms with Crippen molar-refractivity contribution < 1.29 is 0 Å². The van der Waals surface area contributed by atoms with E-state index < -0.39 is 0 Å². The summed E-state index contributed by atoms with van der Waals surface area (Å²) in [5.41, 5.74) is 9.86. The first-order valence-corrected chi connectivity index (χ1v) is 10.1. The molecule has 2 N–H and O–H groups in total. The molecule has 0 amide bonds. The van der Waals surface area contributed by atoms with Gasteiger partial charge in [-0.1, -0.05) is 30.3 Å². The fourth-order valence-corrected chi connectivity index (χ4v) is 5.06. The second-order valence-corrected chi connectivity index (χ2v) is 8.00. The van der Waals surface area contributed by atoms with Gasteiger partial charge in [-0.05, 0) is 29.5 Å². The van der Waals surface area contributed by atoms with E-state index in [1.165, 1.54) is 16.8 Å². The zero-order valence-electron chi connectivity index (χ0n) is 13.5. The summed E-state index contributed by atoms with van der Waals surface area (Å²) in [6, 6.07) is 12.9. The van der Waals surface area contributed by atoms with Crippen molar-refractivity contribution in [3.63, 3.8) is 0 Å². The van der Waals surface area contributed by atoms with Crippen molar-refractivity contribution in [3.05, 3.63) is 63.8 Å². The smallest absolute Gasteiger partial charge is 0.124 e. The van der Waals surface area contributed by atoms with E-state index in [0.717, 1.165) is 31.2 Å². The van der Waals surface area contributed by atoms with E-state index in [0.29, 0.717) is 11.8 Å². The monoisotopic (exact) mass is 355 g/mol. The molecule has 4 rings (SSSR count). The molecule has 0 unspecified atom stereocenters. The lowest BCUT2D eigenvalue weighted by atomic mass is 9.89. The highest BCUT2D eigenvalue weighted by atomic mass is 32.1. The summed E-state index contributed by atoms with van der Waals surface area (Å²) in [6.45, 7) is 3.78. The lowest BCUT2D eigenvalue weighted by Gasteiger charge is -2.16. The van der Waals surface area contributed by atoms with Crippen molar-refractivity contribution in [2.75, 3.05) is 19.6 Å². The number of thiophene rings is 1. The van der Waals surface area contributed by atoms with Crippen LogP contribution in [0.2, 0.25) is 0 Å². The maximum absolute atomic E-state index is 6.05. The van der Waals surface area contributed by atoms with E-state index in [1.807, 2.05) is 0 Å². The minimum Gasteiger partial charge on any atom is -0.330 e. The van der Waals surface area contributed by atoms with Crippen LogP contribution in [0.25, 0.3) is 10.6 Å². The molecule has 124 valence electrons. The molecular weight excluding hydrogens is 334 g/mol. The van der Waals surface area contributed by atoms with Gasteiger partial charge in [-0.2, -0.15) is 11.3 Å². The van der Waals surface area contributed by atoms with Crippen LogP contribution in [0.1, 0.15) is 17.2 Å². The molecular formula is C19H21N3S2. The molecule has 1 saturated heterocycles. The van der Waals surface area contributed by atoms with Gasteiger partial charge in [0.05, 0.1) is 5.69 Å². The van der Waals surface area contributed by atoms with E-state index in [9.17, 15) is 0 Å². The Kier molecular flexibility index (Phi) is 4.76. The Hall–Kier alpha value is -1.53. The van der Waals surface area contributed by atoms with Crippen molar-refractivity contribution in [2.24, 2.45) is 11.7 Å². The van der Waals surface area contributed by atoms with E-state index in [2.05, 4.69) is 57.4 Å². The first-order valence-electron chi connectivity index (χ1n) is 8.28. The average Bonchev–Trinajstić information content (AvgIpc) is 3.36. The highest BCUT2D eigenvalue weighted by Crippen LogP contribution is 2.33. The van der Waals surface area contributed by atoms with Crippen LogP contribution in [0.4, 0.5) is 0 Å². The third-order valence-electron chi connectivity index (χ3n) is 4.75. The van der Waals surface area contributed by atoms with E-state index in [4.69, 9.17) is 10.7 Å². The quantitative estimate of drug-likeness (QED) is 0.751. The summed E-state index contributed by atoms with van der Waals surface area (Å²) >= 11 is 3.46. The molecule has 1 aromatic carbocycles. The first kappa shape index (κ1) is 16.0. The number of nitrogens with zero attached hydrogens (tertiary/aromatic N) is 2. The Bertz CT molecular complexity index is 767. The fourth-order valence-electron chi connectivity index (χ4n) is 3.53. The highest BCUT2D eigenvalue weighted by molar-refractivity contribution is 7.14. The molecule has 1 aliphatic heterocycles. The summed E-state index contributed by atoms with van der Waals surface area (Å²) in [5, 5.41) is 7.59. The molecule has 0 spiro atoms. The first-order chi connectivity index (χ1) is 11.8. The SMILES string of the molecule is NC[C@@H]1CN(Cc2csc(-c3ccsc3)n2)C[C@H]1c1ccccc1. The second kappa shape index (κ2) is 7.15. The standard InChI is InChI=1S/C19H21N3S2/c20-8-16-9-22(11-18(16)14-4-2-1-3-5-14)10-17-13-24-19(21-17)15-6-7-23-12-15/h1-7,12-13,16,18H,8-11,20H2/t16-,18+/m1/s1. The van der Waals surface area contributed by atoms with Gasteiger partial charge in [0, 0.05) is 41.9 Å².